The van der Waals surface area contributed by atoms with Crippen LogP contribution in [0, 0.1) is 0 Å². The van der Waals surface area contributed by atoms with E-state index >= 15 is 0 Å². The largest absolute Gasteiger partial charge is 0.450 e. The van der Waals surface area contributed by atoms with E-state index < -0.39 is 24.1 Å². The zero-order valence-electron chi connectivity index (χ0n) is 15.3. The van der Waals surface area contributed by atoms with Crippen molar-refractivity contribution < 1.29 is 23.9 Å². The van der Waals surface area contributed by atoms with E-state index in [9.17, 15) is 14.4 Å². The van der Waals surface area contributed by atoms with Gasteiger partial charge < -0.3 is 14.4 Å². The Kier molecular flexibility index (Phi) is 5.59. The number of rotatable bonds is 4. The second-order valence-corrected chi connectivity index (χ2v) is 7.08. The van der Waals surface area contributed by atoms with Gasteiger partial charge in [0.1, 0.15) is 0 Å². The molecule has 1 aromatic rings. The molecule has 1 amide bonds. The lowest BCUT2D eigenvalue weighted by atomic mass is 9.94. The molecule has 1 aliphatic heterocycles. The first-order valence-electron chi connectivity index (χ1n) is 9.23. The summed E-state index contributed by atoms with van der Waals surface area (Å²) in [4.78, 5) is 38.7. The molecule has 6 heteroatoms. The number of hydrogen-bond acceptors (Lipinski definition) is 5. The third kappa shape index (κ3) is 3.89. The molecule has 0 radical (unpaired) electrons. The molecule has 0 aromatic heterocycles. The quantitative estimate of drug-likeness (QED) is 0.772. The molecule has 2 aliphatic rings. The SMILES string of the molecule is C[C@@H](OC(=O)[C@@H]1Cc2ccccc2C(=O)O1)C(=O)N(C)C1CCCCC1. The van der Waals surface area contributed by atoms with Gasteiger partial charge in [-0.1, -0.05) is 37.5 Å². The van der Waals surface area contributed by atoms with E-state index in [2.05, 4.69) is 0 Å². The minimum atomic E-state index is -1.01. The van der Waals surface area contributed by atoms with Crippen LogP contribution in [0.5, 0.6) is 0 Å². The van der Waals surface area contributed by atoms with Crippen LogP contribution in [-0.2, 0) is 25.5 Å². The van der Waals surface area contributed by atoms with Gasteiger partial charge in [0.25, 0.3) is 5.91 Å². The van der Waals surface area contributed by atoms with Crippen LogP contribution in [-0.4, -0.2) is 48.0 Å². The molecule has 6 nitrogen and oxygen atoms in total. The van der Waals surface area contributed by atoms with Crippen molar-refractivity contribution in [2.75, 3.05) is 7.05 Å². The van der Waals surface area contributed by atoms with Gasteiger partial charge in [0.05, 0.1) is 5.56 Å². The molecule has 1 aromatic carbocycles. The average molecular weight is 359 g/mol. The highest BCUT2D eigenvalue weighted by Gasteiger charge is 2.35. The third-order valence-corrected chi connectivity index (χ3v) is 5.27. The van der Waals surface area contributed by atoms with Crippen molar-refractivity contribution in [1.29, 1.82) is 0 Å². The van der Waals surface area contributed by atoms with E-state index in [4.69, 9.17) is 9.47 Å². The minimum absolute atomic E-state index is 0.205. The van der Waals surface area contributed by atoms with Crippen molar-refractivity contribution in [2.24, 2.45) is 0 Å². The van der Waals surface area contributed by atoms with Crippen LogP contribution in [0.2, 0.25) is 0 Å². The lowest BCUT2D eigenvalue weighted by molar-refractivity contribution is -0.167. The minimum Gasteiger partial charge on any atom is -0.450 e. The van der Waals surface area contributed by atoms with Crippen LogP contribution in [0.15, 0.2) is 24.3 Å². The summed E-state index contributed by atoms with van der Waals surface area (Å²) in [6.45, 7) is 1.57. The summed E-state index contributed by atoms with van der Waals surface area (Å²) in [5.74, 6) is -1.43. The number of esters is 2. The van der Waals surface area contributed by atoms with Gasteiger partial charge in [0, 0.05) is 19.5 Å². The Morgan fingerprint density at radius 1 is 1.19 bits per heavy atom. The van der Waals surface area contributed by atoms with E-state index in [1.165, 1.54) is 6.42 Å². The van der Waals surface area contributed by atoms with E-state index in [1.807, 2.05) is 6.07 Å². The number of cyclic esters (lactones) is 1. The zero-order valence-corrected chi connectivity index (χ0v) is 15.3. The van der Waals surface area contributed by atoms with Crippen molar-refractivity contribution in [3.63, 3.8) is 0 Å². The first kappa shape index (κ1) is 18.4. The number of fused-ring (bicyclic) bond motifs is 1. The maximum Gasteiger partial charge on any atom is 0.348 e. The number of likely N-dealkylation sites (N-methyl/N-ethyl adjacent to an activating group) is 1. The van der Waals surface area contributed by atoms with Crippen LogP contribution in [0.3, 0.4) is 0 Å². The fraction of sp³-hybridized carbons (Fsp3) is 0.550. The van der Waals surface area contributed by atoms with Gasteiger partial charge >= 0.3 is 11.9 Å². The summed E-state index contributed by atoms with van der Waals surface area (Å²) in [7, 11) is 1.76. The topological polar surface area (TPSA) is 72.9 Å². The monoisotopic (exact) mass is 359 g/mol. The highest BCUT2D eigenvalue weighted by molar-refractivity contribution is 5.95. The number of hydrogen-bond donors (Lipinski definition) is 0. The molecule has 0 saturated heterocycles. The van der Waals surface area contributed by atoms with Gasteiger partial charge in [0.2, 0.25) is 6.10 Å². The Balaban J connectivity index is 1.59. The average Bonchev–Trinajstić information content (AvgIpc) is 2.67. The number of ether oxygens (including phenoxy) is 2. The van der Waals surface area contributed by atoms with E-state index in [1.54, 1.807) is 37.1 Å². The molecular formula is C20H25NO5. The molecule has 1 fully saturated rings. The molecule has 0 spiro atoms. The van der Waals surface area contributed by atoms with Crippen molar-refractivity contribution >= 4 is 17.8 Å². The van der Waals surface area contributed by atoms with Crippen LogP contribution < -0.4 is 0 Å². The fourth-order valence-corrected chi connectivity index (χ4v) is 3.70. The molecule has 140 valence electrons. The maximum absolute atomic E-state index is 12.6. The van der Waals surface area contributed by atoms with E-state index in [0.29, 0.717) is 5.56 Å². The van der Waals surface area contributed by atoms with Gasteiger partial charge in [0.15, 0.2) is 6.10 Å². The van der Waals surface area contributed by atoms with Gasteiger partial charge in [-0.25, -0.2) is 9.59 Å². The summed E-state index contributed by atoms with van der Waals surface area (Å²) in [6.07, 6.45) is 3.78. The second kappa shape index (κ2) is 7.89. The lowest BCUT2D eigenvalue weighted by Crippen LogP contribution is -2.46. The number of carbonyl (C=O) groups excluding carboxylic acids is 3. The Labute approximate surface area is 153 Å². The maximum atomic E-state index is 12.6. The molecule has 26 heavy (non-hydrogen) atoms. The zero-order chi connectivity index (χ0) is 18.7. The van der Waals surface area contributed by atoms with Crippen molar-refractivity contribution in [3.05, 3.63) is 35.4 Å². The lowest BCUT2D eigenvalue weighted by Gasteiger charge is -2.33. The second-order valence-electron chi connectivity index (χ2n) is 7.08. The first-order chi connectivity index (χ1) is 12.5. The molecule has 0 unspecified atom stereocenters. The smallest absolute Gasteiger partial charge is 0.348 e. The van der Waals surface area contributed by atoms with Gasteiger partial charge in [-0.3, -0.25) is 4.79 Å². The molecule has 2 atom stereocenters. The molecule has 3 rings (SSSR count). The number of benzene rings is 1. The normalized spacial score (nSPS) is 21.3. The van der Waals surface area contributed by atoms with Crippen LogP contribution in [0.4, 0.5) is 0 Å². The molecule has 1 heterocycles. The fourth-order valence-electron chi connectivity index (χ4n) is 3.70. The third-order valence-electron chi connectivity index (χ3n) is 5.27. The Bertz CT molecular complexity index is 695. The molecule has 1 aliphatic carbocycles. The van der Waals surface area contributed by atoms with Crippen LogP contribution >= 0.6 is 0 Å². The molecule has 0 bridgehead atoms. The summed E-state index contributed by atoms with van der Waals surface area (Å²) >= 11 is 0. The summed E-state index contributed by atoms with van der Waals surface area (Å²) < 4.78 is 10.5. The summed E-state index contributed by atoms with van der Waals surface area (Å²) in [5, 5.41) is 0. The summed E-state index contributed by atoms with van der Waals surface area (Å²) in [6, 6.07) is 7.23. The highest BCUT2D eigenvalue weighted by Crippen LogP contribution is 2.24. The van der Waals surface area contributed by atoms with Crippen molar-refractivity contribution in [1.82, 2.24) is 4.90 Å². The van der Waals surface area contributed by atoms with Crippen LogP contribution in [0.1, 0.15) is 54.9 Å². The standard InChI is InChI=1S/C20H25NO5/c1-13(18(22)21(2)15-9-4-3-5-10-15)25-20(24)17-12-14-8-6-7-11-16(14)19(23)26-17/h6-8,11,13,15,17H,3-5,9-10,12H2,1-2H3/t13-,17+/m1/s1. The predicted octanol–water partition coefficient (Wildman–Crippen LogP) is 2.49. The molecule has 1 saturated carbocycles. The summed E-state index contributed by atoms with van der Waals surface area (Å²) in [5.41, 5.74) is 1.22. The number of carbonyl (C=O) groups is 3. The van der Waals surface area contributed by atoms with E-state index in [-0.39, 0.29) is 18.4 Å². The Morgan fingerprint density at radius 3 is 2.62 bits per heavy atom. The van der Waals surface area contributed by atoms with Gasteiger partial charge in [-0.15, -0.1) is 0 Å². The Morgan fingerprint density at radius 2 is 1.88 bits per heavy atom. The van der Waals surface area contributed by atoms with Gasteiger partial charge in [-0.05, 0) is 31.4 Å². The van der Waals surface area contributed by atoms with E-state index in [0.717, 1.165) is 31.2 Å². The van der Waals surface area contributed by atoms with Crippen molar-refractivity contribution in [2.45, 2.75) is 63.7 Å². The molecule has 0 N–H and O–H groups in total. The number of nitrogens with zero attached hydrogens (tertiary/aromatic N) is 1. The molecular weight excluding hydrogens is 334 g/mol. The predicted molar refractivity (Wildman–Crippen MR) is 94.5 cm³/mol. The van der Waals surface area contributed by atoms with Crippen molar-refractivity contribution in [3.8, 4) is 0 Å². The first-order valence-corrected chi connectivity index (χ1v) is 9.23. The Hall–Kier alpha value is -2.37. The number of amides is 1. The van der Waals surface area contributed by atoms with Gasteiger partial charge in [-0.2, -0.15) is 0 Å². The highest BCUT2D eigenvalue weighted by atomic mass is 16.6. The van der Waals surface area contributed by atoms with Crippen LogP contribution in [0.25, 0.3) is 0 Å².